The lowest BCUT2D eigenvalue weighted by atomic mass is 9.96. The van der Waals surface area contributed by atoms with Gasteiger partial charge >= 0.3 is 0 Å². The fourth-order valence-electron chi connectivity index (χ4n) is 1.31. The van der Waals surface area contributed by atoms with Gasteiger partial charge in [0.05, 0.1) is 6.61 Å². The number of hydrogen-bond donors (Lipinski definition) is 1. The van der Waals surface area contributed by atoms with Gasteiger partial charge in [-0.3, -0.25) is 0 Å². The Morgan fingerprint density at radius 3 is 2.67 bits per heavy atom. The first-order valence-corrected chi connectivity index (χ1v) is 6.34. The van der Waals surface area contributed by atoms with E-state index in [-0.39, 0.29) is 5.41 Å². The Labute approximate surface area is 109 Å². The summed E-state index contributed by atoms with van der Waals surface area (Å²) >= 11 is 0. The second kappa shape index (κ2) is 6.38. The minimum absolute atomic E-state index is 0.101. The van der Waals surface area contributed by atoms with Crippen molar-refractivity contribution in [3.63, 3.8) is 0 Å². The van der Waals surface area contributed by atoms with Gasteiger partial charge in [-0.25, -0.2) is 4.98 Å². The molecular formula is C14H23N3O. The zero-order valence-electron chi connectivity index (χ0n) is 11.8. The minimum Gasteiger partial charge on any atom is -0.478 e. The molecule has 1 heterocycles. The molecule has 0 aliphatic heterocycles. The van der Waals surface area contributed by atoms with Crippen LogP contribution >= 0.6 is 0 Å². The van der Waals surface area contributed by atoms with E-state index in [4.69, 9.17) is 4.74 Å². The van der Waals surface area contributed by atoms with Gasteiger partial charge in [-0.15, -0.1) is 6.58 Å². The largest absolute Gasteiger partial charge is 0.478 e. The molecule has 0 radical (unpaired) electrons. The van der Waals surface area contributed by atoms with Gasteiger partial charge in [-0.05, 0) is 6.42 Å². The van der Waals surface area contributed by atoms with Crippen LogP contribution in [0.5, 0.6) is 5.88 Å². The van der Waals surface area contributed by atoms with Crippen molar-refractivity contribution in [1.82, 2.24) is 9.97 Å². The second-order valence-electron chi connectivity index (χ2n) is 5.18. The van der Waals surface area contributed by atoms with Gasteiger partial charge in [0.1, 0.15) is 11.6 Å². The molecule has 1 aromatic rings. The first-order chi connectivity index (χ1) is 8.47. The lowest BCUT2D eigenvalue weighted by molar-refractivity contribution is 0.301. The van der Waals surface area contributed by atoms with Crippen molar-refractivity contribution in [2.24, 2.45) is 0 Å². The molecule has 4 heteroatoms. The van der Waals surface area contributed by atoms with Crippen LogP contribution < -0.4 is 10.1 Å². The Bertz CT molecular complexity index is 397. The second-order valence-corrected chi connectivity index (χ2v) is 5.18. The molecule has 0 aromatic carbocycles. The number of hydrogen-bond acceptors (Lipinski definition) is 4. The summed E-state index contributed by atoms with van der Waals surface area (Å²) in [5, 5.41) is 3.17. The van der Waals surface area contributed by atoms with Gasteiger partial charge < -0.3 is 10.1 Å². The average Bonchev–Trinajstić information content (AvgIpc) is 2.32. The van der Waals surface area contributed by atoms with Gasteiger partial charge in [0.15, 0.2) is 0 Å². The molecule has 0 atom stereocenters. The van der Waals surface area contributed by atoms with E-state index in [1.54, 1.807) is 6.08 Å². The van der Waals surface area contributed by atoms with Gasteiger partial charge in [0.2, 0.25) is 5.88 Å². The Morgan fingerprint density at radius 2 is 2.11 bits per heavy atom. The smallest absolute Gasteiger partial charge is 0.218 e. The van der Waals surface area contributed by atoms with E-state index in [1.807, 2.05) is 6.07 Å². The highest BCUT2D eigenvalue weighted by molar-refractivity contribution is 5.39. The fraction of sp³-hybridized carbons (Fsp3) is 0.571. The lowest BCUT2D eigenvalue weighted by Crippen LogP contribution is -2.18. The van der Waals surface area contributed by atoms with Crippen molar-refractivity contribution in [1.29, 1.82) is 0 Å². The standard InChI is InChI=1S/C14H23N3O/c1-6-8-15-11-10-12(18-9-7-2)17-13(16-11)14(3,4)5/h6,10H,1,7-9H2,2-5H3,(H,15,16,17). The van der Waals surface area contributed by atoms with Crippen molar-refractivity contribution in [3.05, 3.63) is 24.5 Å². The van der Waals surface area contributed by atoms with Crippen LogP contribution in [0.1, 0.15) is 39.9 Å². The SMILES string of the molecule is C=CCNc1cc(OCCC)nc(C(C)(C)C)n1. The topological polar surface area (TPSA) is 47.0 Å². The van der Waals surface area contributed by atoms with E-state index in [0.717, 1.165) is 18.1 Å². The molecule has 1 aromatic heterocycles. The first kappa shape index (κ1) is 14.5. The van der Waals surface area contributed by atoms with Crippen LogP contribution in [0.4, 0.5) is 5.82 Å². The zero-order chi connectivity index (χ0) is 13.6. The Balaban J connectivity index is 2.99. The van der Waals surface area contributed by atoms with Crippen molar-refractivity contribution in [2.75, 3.05) is 18.5 Å². The highest BCUT2D eigenvalue weighted by Crippen LogP contribution is 2.23. The third kappa shape index (κ3) is 4.35. The molecule has 4 nitrogen and oxygen atoms in total. The fourth-order valence-corrected chi connectivity index (χ4v) is 1.31. The van der Waals surface area contributed by atoms with Gasteiger partial charge in [0.25, 0.3) is 0 Å². The molecule has 0 bridgehead atoms. The van der Waals surface area contributed by atoms with E-state index in [2.05, 4.69) is 49.6 Å². The van der Waals surface area contributed by atoms with E-state index < -0.39 is 0 Å². The Kier molecular flexibility index (Phi) is 5.13. The maximum atomic E-state index is 5.59. The molecule has 0 aliphatic rings. The zero-order valence-corrected chi connectivity index (χ0v) is 11.8. The number of anilines is 1. The molecule has 0 spiro atoms. The van der Waals surface area contributed by atoms with Crippen LogP contribution in [-0.4, -0.2) is 23.1 Å². The highest BCUT2D eigenvalue weighted by Gasteiger charge is 2.19. The predicted octanol–water partition coefficient (Wildman–Crippen LogP) is 3.16. The van der Waals surface area contributed by atoms with Gasteiger partial charge in [-0.1, -0.05) is 33.8 Å². The minimum atomic E-state index is -0.101. The summed E-state index contributed by atoms with van der Waals surface area (Å²) in [6.07, 6.45) is 2.76. The average molecular weight is 249 g/mol. The number of rotatable bonds is 6. The van der Waals surface area contributed by atoms with Crippen LogP contribution in [0.2, 0.25) is 0 Å². The van der Waals surface area contributed by atoms with Crippen molar-refractivity contribution in [3.8, 4) is 5.88 Å². The molecule has 18 heavy (non-hydrogen) atoms. The van der Waals surface area contributed by atoms with E-state index in [9.17, 15) is 0 Å². The maximum Gasteiger partial charge on any atom is 0.218 e. The summed E-state index contributed by atoms with van der Waals surface area (Å²) in [4.78, 5) is 8.95. The quantitative estimate of drug-likeness (QED) is 0.787. The number of aromatic nitrogens is 2. The summed E-state index contributed by atoms with van der Waals surface area (Å²) in [5.41, 5.74) is -0.101. The lowest BCUT2D eigenvalue weighted by Gasteiger charge is -2.18. The maximum absolute atomic E-state index is 5.59. The number of nitrogens with one attached hydrogen (secondary N) is 1. The molecular weight excluding hydrogens is 226 g/mol. The third-order valence-corrected chi connectivity index (χ3v) is 2.26. The predicted molar refractivity (Wildman–Crippen MR) is 75.2 cm³/mol. The van der Waals surface area contributed by atoms with Gasteiger partial charge in [-0.2, -0.15) is 4.98 Å². The highest BCUT2D eigenvalue weighted by atomic mass is 16.5. The number of ether oxygens (including phenoxy) is 1. The molecule has 0 aliphatic carbocycles. The molecule has 1 N–H and O–H groups in total. The molecule has 1 rings (SSSR count). The molecule has 0 saturated heterocycles. The van der Waals surface area contributed by atoms with Crippen LogP contribution in [0.15, 0.2) is 18.7 Å². The summed E-state index contributed by atoms with van der Waals surface area (Å²) in [7, 11) is 0. The van der Waals surface area contributed by atoms with Gasteiger partial charge in [0, 0.05) is 18.0 Å². The first-order valence-electron chi connectivity index (χ1n) is 6.34. The molecule has 100 valence electrons. The summed E-state index contributed by atoms with van der Waals surface area (Å²) in [6, 6.07) is 1.83. The monoisotopic (exact) mass is 249 g/mol. The third-order valence-electron chi connectivity index (χ3n) is 2.26. The number of nitrogens with zero attached hydrogens (tertiary/aromatic N) is 2. The van der Waals surface area contributed by atoms with Crippen LogP contribution in [-0.2, 0) is 5.41 Å². The van der Waals surface area contributed by atoms with E-state index in [1.165, 1.54) is 0 Å². The molecule has 0 amide bonds. The molecule has 0 fully saturated rings. The molecule has 0 unspecified atom stereocenters. The summed E-state index contributed by atoms with van der Waals surface area (Å²) < 4.78 is 5.59. The summed E-state index contributed by atoms with van der Waals surface area (Å²) in [6.45, 7) is 13.4. The van der Waals surface area contributed by atoms with Crippen LogP contribution in [0, 0.1) is 0 Å². The Hall–Kier alpha value is -1.58. The summed E-state index contributed by atoms with van der Waals surface area (Å²) in [5.74, 6) is 2.19. The Morgan fingerprint density at radius 1 is 1.39 bits per heavy atom. The normalized spacial score (nSPS) is 11.1. The van der Waals surface area contributed by atoms with E-state index in [0.29, 0.717) is 19.0 Å². The van der Waals surface area contributed by atoms with Crippen molar-refractivity contribution < 1.29 is 4.74 Å². The van der Waals surface area contributed by atoms with E-state index >= 15 is 0 Å². The van der Waals surface area contributed by atoms with Crippen molar-refractivity contribution >= 4 is 5.82 Å². The van der Waals surface area contributed by atoms with Crippen LogP contribution in [0.3, 0.4) is 0 Å². The molecule has 0 saturated carbocycles. The van der Waals surface area contributed by atoms with Crippen molar-refractivity contribution in [2.45, 2.75) is 39.5 Å². The van der Waals surface area contributed by atoms with Crippen LogP contribution in [0.25, 0.3) is 0 Å².